The van der Waals surface area contributed by atoms with Crippen LogP contribution in [0.15, 0.2) is 16.6 Å². The molecule has 0 atom stereocenters. The first-order valence-corrected chi connectivity index (χ1v) is 3.70. The second-order valence-electron chi connectivity index (χ2n) is 2.17. The fraction of sp³-hybridized carbons (Fsp3) is 0.400. The van der Waals surface area contributed by atoms with Gasteiger partial charge < -0.3 is 10.9 Å². The Labute approximate surface area is 80.4 Å². The first-order valence-electron chi connectivity index (χ1n) is 3.30. The van der Waals surface area contributed by atoms with E-state index in [2.05, 4.69) is 22.9 Å². The van der Waals surface area contributed by atoms with E-state index in [1.165, 1.54) is 13.8 Å². The fourth-order valence-corrected chi connectivity index (χ4v) is 0.435. The van der Waals surface area contributed by atoms with Gasteiger partial charge in [0.1, 0.15) is 5.70 Å². The maximum absolute atomic E-state index is 11.0. The van der Waals surface area contributed by atoms with E-state index < -0.39 is 0 Å². The standard InChI is InChI=1S/C5H11N5O2S/c1-3(8-11)4(2)10(12)9-7-5(6)13/h8,11H,1-2H3,(H3,6,7,13)/b4-3+,10-9-. The normalized spacial score (nSPS) is 13.3. The van der Waals surface area contributed by atoms with Gasteiger partial charge in [0, 0.05) is 6.92 Å². The van der Waals surface area contributed by atoms with E-state index in [9.17, 15) is 5.21 Å². The van der Waals surface area contributed by atoms with Gasteiger partial charge in [0.15, 0.2) is 0 Å². The van der Waals surface area contributed by atoms with Gasteiger partial charge in [-0.1, -0.05) is 0 Å². The van der Waals surface area contributed by atoms with E-state index in [1.807, 2.05) is 5.48 Å². The summed E-state index contributed by atoms with van der Waals surface area (Å²) in [4.78, 5) is 0.248. The number of nitrogens with one attached hydrogen (secondary N) is 2. The summed E-state index contributed by atoms with van der Waals surface area (Å²) >= 11 is 4.42. The number of allylic oxidation sites excluding steroid dienone is 2. The van der Waals surface area contributed by atoms with Crippen molar-refractivity contribution in [2.24, 2.45) is 11.0 Å². The molecule has 0 fully saturated rings. The summed E-state index contributed by atoms with van der Waals surface area (Å²) < 4.78 is 0. The summed E-state index contributed by atoms with van der Waals surface area (Å²) in [5.74, 6) is 0. The van der Waals surface area contributed by atoms with E-state index in [0.29, 0.717) is 0 Å². The second kappa shape index (κ2) is 5.27. The number of nitrogens with zero attached hydrogens (tertiary/aromatic N) is 2. The van der Waals surface area contributed by atoms with Crippen molar-refractivity contribution in [1.29, 1.82) is 0 Å². The summed E-state index contributed by atoms with van der Waals surface area (Å²) in [5.41, 5.74) is 9.43. The number of hydrogen-bond acceptors (Lipinski definition) is 5. The lowest BCUT2D eigenvalue weighted by Gasteiger charge is -2.07. The van der Waals surface area contributed by atoms with Crippen molar-refractivity contribution in [3.8, 4) is 0 Å². The second-order valence-corrected chi connectivity index (χ2v) is 2.61. The molecule has 0 aliphatic rings. The van der Waals surface area contributed by atoms with Crippen molar-refractivity contribution in [2.75, 3.05) is 0 Å². The average Bonchev–Trinajstić information content (AvgIpc) is 2.11. The Morgan fingerprint density at radius 1 is 1.62 bits per heavy atom. The van der Waals surface area contributed by atoms with Crippen LogP contribution in [0.1, 0.15) is 13.8 Å². The molecule has 0 saturated heterocycles. The molecule has 0 radical (unpaired) electrons. The zero-order chi connectivity index (χ0) is 10.4. The maximum Gasteiger partial charge on any atom is 0.278 e. The molecule has 5 N–H and O–H groups in total. The first kappa shape index (κ1) is 11.6. The van der Waals surface area contributed by atoms with Crippen LogP contribution >= 0.6 is 12.2 Å². The minimum Gasteiger partial charge on any atom is -0.691 e. The molecule has 0 aromatic rings. The molecular formula is C5H11N5O2S. The molecule has 0 heterocycles. The molecule has 0 saturated carbocycles. The fourth-order valence-electron chi connectivity index (χ4n) is 0.394. The van der Waals surface area contributed by atoms with Crippen LogP contribution in [0, 0.1) is 5.21 Å². The van der Waals surface area contributed by atoms with Crippen LogP contribution in [-0.4, -0.2) is 15.2 Å². The van der Waals surface area contributed by atoms with Crippen LogP contribution < -0.4 is 16.6 Å². The molecule has 0 aliphatic heterocycles. The number of nitrogens with two attached hydrogens (primary N) is 1. The Morgan fingerprint density at radius 2 is 2.15 bits per heavy atom. The minimum absolute atomic E-state index is 0.108. The van der Waals surface area contributed by atoms with Gasteiger partial charge in [-0.2, -0.15) is 0 Å². The number of rotatable bonds is 3. The molecular weight excluding hydrogens is 194 g/mol. The predicted octanol–water partition coefficient (Wildman–Crippen LogP) is -0.0727. The SMILES string of the molecule is C/C(NO)=C(C)\[N+]([O-])=N\NC(N)=S. The zero-order valence-electron chi connectivity index (χ0n) is 7.24. The van der Waals surface area contributed by atoms with E-state index in [-0.39, 0.29) is 21.4 Å². The topological polar surface area (TPSA) is 109 Å². The van der Waals surface area contributed by atoms with Crippen LogP contribution in [0.2, 0.25) is 0 Å². The highest BCUT2D eigenvalue weighted by atomic mass is 32.1. The molecule has 0 spiro atoms. The van der Waals surface area contributed by atoms with Crippen LogP contribution in [0.3, 0.4) is 0 Å². The van der Waals surface area contributed by atoms with Crippen molar-refractivity contribution >= 4 is 17.3 Å². The third kappa shape index (κ3) is 4.23. The largest absolute Gasteiger partial charge is 0.691 e. The highest BCUT2D eigenvalue weighted by molar-refractivity contribution is 7.80. The van der Waals surface area contributed by atoms with E-state index in [0.717, 1.165) is 0 Å². The van der Waals surface area contributed by atoms with Gasteiger partial charge in [0.25, 0.3) is 5.11 Å². The monoisotopic (exact) mass is 205 g/mol. The summed E-state index contributed by atoms with van der Waals surface area (Å²) in [5, 5.41) is 22.6. The summed E-state index contributed by atoms with van der Waals surface area (Å²) in [6.07, 6.45) is 0. The molecule has 7 nitrogen and oxygen atoms in total. The highest BCUT2D eigenvalue weighted by Crippen LogP contribution is 1.99. The molecule has 0 amide bonds. The molecule has 0 aromatic carbocycles. The Hall–Kier alpha value is -1.41. The molecule has 0 bridgehead atoms. The Bertz CT molecular complexity index is 262. The average molecular weight is 205 g/mol. The van der Waals surface area contributed by atoms with Gasteiger partial charge >= 0.3 is 0 Å². The molecule has 0 aromatic heterocycles. The van der Waals surface area contributed by atoms with Crippen LogP contribution in [0.5, 0.6) is 0 Å². The third-order valence-electron chi connectivity index (χ3n) is 1.25. The van der Waals surface area contributed by atoms with Gasteiger partial charge in [-0.25, -0.2) is 0 Å². The Morgan fingerprint density at radius 3 is 2.54 bits per heavy atom. The smallest absolute Gasteiger partial charge is 0.278 e. The van der Waals surface area contributed by atoms with Gasteiger partial charge in [-0.15, -0.1) is 10.3 Å². The van der Waals surface area contributed by atoms with Crippen molar-refractivity contribution in [2.45, 2.75) is 13.8 Å². The molecule has 13 heavy (non-hydrogen) atoms. The summed E-state index contributed by atoms with van der Waals surface area (Å²) in [7, 11) is 0. The lowest BCUT2D eigenvalue weighted by atomic mass is 10.4. The lowest BCUT2D eigenvalue weighted by molar-refractivity contribution is -0.484. The van der Waals surface area contributed by atoms with Crippen molar-refractivity contribution in [3.63, 3.8) is 0 Å². The molecule has 0 aliphatic carbocycles. The van der Waals surface area contributed by atoms with Crippen molar-refractivity contribution in [1.82, 2.24) is 10.9 Å². The number of thiocarbonyl (C=S) groups is 1. The molecule has 0 rings (SSSR count). The minimum atomic E-state index is -0.108. The van der Waals surface area contributed by atoms with E-state index in [1.54, 1.807) is 0 Å². The van der Waals surface area contributed by atoms with Gasteiger partial charge in [0.2, 0.25) is 0 Å². The Kier molecular flexibility index (Phi) is 4.70. The van der Waals surface area contributed by atoms with Crippen LogP contribution in [0.4, 0.5) is 0 Å². The van der Waals surface area contributed by atoms with Crippen LogP contribution in [-0.2, 0) is 0 Å². The number of hydroxylamine groups is 2. The quantitative estimate of drug-likeness (QED) is 0.222. The van der Waals surface area contributed by atoms with Crippen LogP contribution in [0.25, 0.3) is 0 Å². The third-order valence-corrected chi connectivity index (χ3v) is 1.34. The van der Waals surface area contributed by atoms with Crippen molar-refractivity contribution in [3.05, 3.63) is 16.6 Å². The van der Waals surface area contributed by atoms with Gasteiger partial charge in [-0.05, 0) is 19.1 Å². The zero-order valence-corrected chi connectivity index (χ0v) is 8.05. The lowest BCUT2D eigenvalue weighted by Crippen LogP contribution is -2.26. The van der Waals surface area contributed by atoms with Crippen molar-refractivity contribution < 1.29 is 10.1 Å². The maximum atomic E-state index is 11.0. The summed E-state index contributed by atoms with van der Waals surface area (Å²) in [6, 6.07) is 0. The number of hydrogen-bond donors (Lipinski definition) is 4. The molecule has 0 unspecified atom stereocenters. The molecule has 8 heteroatoms. The Balaban J connectivity index is 4.50. The predicted molar refractivity (Wildman–Crippen MR) is 49.3 cm³/mol. The van der Waals surface area contributed by atoms with E-state index >= 15 is 0 Å². The van der Waals surface area contributed by atoms with E-state index in [4.69, 9.17) is 10.9 Å². The molecule has 74 valence electrons. The van der Waals surface area contributed by atoms with Gasteiger partial charge in [-0.3, -0.25) is 10.7 Å². The highest BCUT2D eigenvalue weighted by Gasteiger charge is 2.01. The van der Waals surface area contributed by atoms with Gasteiger partial charge in [0.05, 0.1) is 10.9 Å². The first-order chi connectivity index (χ1) is 5.99. The summed E-state index contributed by atoms with van der Waals surface area (Å²) in [6.45, 7) is 2.98.